The van der Waals surface area contributed by atoms with Crippen LogP contribution in [-0.2, 0) is 11.3 Å². The van der Waals surface area contributed by atoms with Crippen LogP contribution in [0.25, 0.3) is 0 Å². The van der Waals surface area contributed by atoms with Gasteiger partial charge in [0.2, 0.25) is 0 Å². The number of hydrogen-bond acceptors (Lipinski definition) is 3. The fourth-order valence-electron chi connectivity index (χ4n) is 2.27. The van der Waals surface area contributed by atoms with Crippen molar-refractivity contribution in [2.75, 3.05) is 19.8 Å². The van der Waals surface area contributed by atoms with Crippen molar-refractivity contribution < 1.29 is 9.84 Å². The maximum Gasteiger partial charge on any atom is 0.143 e. The van der Waals surface area contributed by atoms with Crippen LogP contribution in [0, 0.1) is 5.41 Å². The molecule has 2 N–H and O–H groups in total. The molecule has 0 atom stereocenters. The Hall–Kier alpha value is -0.100. The molecule has 3 nitrogen and oxygen atoms in total. The molecule has 0 bridgehead atoms. The van der Waals surface area contributed by atoms with E-state index in [9.17, 15) is 5.11 Å². The van der Waals surface area contributed by atoms with Crippen LogP contribution in [0.5, 0.6) is 5.75 Å². The first-order valence-corrected chi connectivity index (χ1v) is 8.04. The summed E-state index contributed by atoms with van der Waals surface area (Å²) >= 11 is 6.70. The highest BCUT2D eigenvalue weighted by molar-refractivity contribution is 9.11. The topological polar surface area (TPSA) is 41.5 Å². The van der Waals surface area contributed by atoms with Gasteiger partial charge in [0, 0.05) is 26.3 Å². The molecule has 0 saturated carbocycles. The van der Waals surface area contributed by atoms with Crippen molar-refractivity contribution in [2.24, 2.45) is 5.41 Å². The van der Waals surface area contributed by atoms with Crippen LogP contribution in [-0.4, -0.2) is 24.9 Å². The summed E-state index contributed by atoms with van der Waals surface area (Å²) in [6.07, 6.45) is 2.23. The first kappa shape index (κ1) is 15.3. The molecule has 1 fully saturated rings. The van der Waals surface area contributed by atoms with Gasteiger partial charge in [-0.15, -0.1) is 0 Å². The highest BCUT2D eigenvalue weighted by Crippen LogP contribution is 2.33. The Kier molecular flexibility index (Phi) is 5.29. The summed E-state index contributed by atoms with van der Waals surface area (Å²) in [5.41, 5.74) is 1.48. The zero-order valence-electron chi connectivity index (χ0n) is 11.0. The molecule has 1 aromatic rings. The highest BCUT2D eigenvalue weighted by Gasteiger charge is 2.26. The van der Waals surface area contributed by atoms with E-state index in [0.717, 1.165) is 53.7 Å². The van der Waals surface area contributed by atoms with Gasteiger partial charge in [0.1, 0.15) is 5.75 Å². The zero-order chi connectivity index (χ0) is 13.9. The summed E-state index contributed by atoms with van der Waals surface area (Å²) in [4.78, 5) is 0. The van der Waals surface area contributed by atoms with Crippen LogP contribution in [0.4, 0.5) is 0 Å². The second-order valence-corrected chi connectivity index (χ2v) is 7.14. The standard InChI is InChI=1S/C14H19Br2NO2/c1-14(2-4-19-5-3-14)9-17-8-10-6-11(15)13(18)12(16)7-10/h6-7,17-18H,2-5,8-9H2,1H3. The number of phenols is 1. The SMILES string of the molecule is CC1(CNCc2cc(Br)c(O)c(Br)c2)CCOCC1. The van der Waals surface area contributed by atoms with Crippen molar-refractivity contribution >= 4 is 31.9 Å². The lowest BCUT2D eigenvalue weighted by Crippen LogP contribution is -2.36. The lowest BCUT2D eigenvalue weighted by Gasteiger charge is -2.33. The third-order valence-electron chi connectivity index (χ3n) is 3.66. The quantitative estimate of drug-likeness (QED) is 0.818. The molecule has 0 aliphatic carbocycles. The first-order valence-electron chi connectivity index (χ1n) is 6.45. The van der Waals surface area contributed by atoms with Crippen LogP contribution in [0.15, 0.2) is 21.1 Å². The lowest BCUT2D eigenvalue weighted by atomic mass is 9.82. The first-order chi connectivity index (χ1) is 9.00. The molecule has 1 heterocycles. The van der Waals surface area contributed by atoms with Crippen molar-refractivity contribution in [1.82, 2.24) is 5.32 Å². The molecule has 5 heteroatoms. The van der Waals surface area contributed by atoms with Crippen molar-refractivity contribution in [2.45, 2.75) is 26.3 Å². The lowest BCUT2D eigenvalue weighted by molar-refractivity contribution is 0.0240. The Labute approximate surface area is 131 Å². The normalized spacial score (nSPS) is 18.5. The summed E-state index contributed by atoms with van der Waals surface area (Å²) in [5, 5.41) is 13.2. The molecule has 1 aliphatic rings. The van der Waals surface area contributed by atoms with E-state index in [4.69, 9.17) is 4.74 Å². The molecule has 0 aromatic heterocycles. The number of benzene rings is 1. The molecular formula is C14H19Br2NO2. The number of ether oxygens (including phenoxy) is 1. The molecule has 1 aliphatic heterocycles. The second kappa shape index (κ2) is 6.57. The highest BCUT2D eigenvalue weighted by atomic mass is 79.9. The second-order valence-electron chi connectivity index (χ2n) is 5.43. The minimum atomic E-state index is 0.250. The third-order valence-corrected chi connectivity index (χ3v) is 4.87. The fraction of sp³-hybridized carbons (Fsp3) is 0.571. The van der Waals surface area contributed by atoms with Crippen molar-refractivity contribution in [3.05, 3.63) is 26.6 Å². The summed E-state index contributed by atoms with van der Waals surface area (Å²) < 4.78 is 6.84. The maximum absolute atomic E-state index is 9.67. The average molecular weight is 393 g/mol. The smallest absolute Gasteiger partial charge is 0.143 e. The monoisotopic (exact) mass is 391 g/mol. The molecule has 1 aromatic carbocycles. The van der Waals surface area contributed by atoms with Gasteiger partial charge in [-0.1, -0.05) is 6.92 Å². The average Bonchev–Trinajstić information content (AvgIpc) is 2.36. The van der Waals surface area contributed by atoms with E-state index in [-0.39, 0.29) is 5.75 Å². The predicted molar refractivity (Wildman–Crippen MR) is 83.4 cm³/mol. The van der Waals surface area contributed by atoms with Gasteiger partial charge >= 0.3 is 0 Å². The van der Waals surface area contributed by atoms with E-state index in [1.165, 1.54) is 0 Å². The number of nitrogens with one attached hydrogen (secondary N) is 1. The Morgan fingerprint density at radius 1 is 1.26 bits per heavy atom. The number of hydrogen-bond donors (Lipinski definition) is 2. The number of aromatic hydroxyl groups is 1. The van der Waals surface area contributed by atoms with E-state index >= 15 is 0 Å². The van der Waals surface area contributed by atoms with Gasteiger partial charge in [0.15, 0.2) is 0 Å². The maximum atomic E-state index is 9.67. The zero-order valence-corrected chi connectivity index (χ0v) is 14.2. The molecule has 106 valence electrons. The van der Waals surface area contributed by atoms with Gasteiger partial charge in [-0.3, -0.25) is 0 Å². The van der Waals surface area contributed by atoms with Gasteiger partial charge < -0.3 is 15.2 Å². The Morgan fingerprint density at radius 2 is 1.84 bits per heavy atom. The fourth-order valence-corrected chi connectivity index (χ4v) is 3.55. The van der Waals surface area contributed by atoms with Crippen molar-refractivity contribution in [3.63, 3.8) is 0 Å². The van der Waals surface area contributed by atoms with Crippen LogP contribution >= 0.6 is 31.9 Å². The predicted octanol–water partition coefficient (Wildman–Crippen LogP) is 3.82. The minimum Gasteiger partial charge on any atom is -0.506 e. The van der Waals surface area contributed by atoms with Crippen LogP contribution < -0.4 is 5.32 Å². The van der Waals surface area contributed by atoms with Crippen LogP contribution in [0.3, 0.4) is 0 Å². The van der Waals surface area contributed by atoms with Crippen LogP contribution in [0.2, 0.25) is 0 Å². The van der Waals surface area contributed by atoms with E-state index in [1.807, 2.05) is 12.1 Å². The Bertz CT molecular complexity index is 422. The number of rotatable bonds is 4. The molecule has 2 rings (SSSR count). The molecule has 0 amide bonds. The van der Waals surface area contributed by atoms with E-state index in [0.29, 0.717) is 5.41 Å². The van der Waals surface area contributed by atoms with Crippen molar-refractivity contribution in [1.29, 1.82) is 0 Å². The van der Waals surface area contributed by atoms with E-state index in [2.05, 4.69) is 44.1 Å². The van der Waals surface area contributed by atoms with E-state index < -0.39 is 0 Å². The number of halogens is 2. The summed E-state index contributed by atoms with van der Waals surface area (Å²) in [6.45, 7) is 5.84. The van der Waals surface area contributed by atoms with Gasteiger partial charge in [0.05, 0.1) is 8.95 Å². The Balaban J connectivity index is 1.89. The molecule has 0 unspecified atom stereocenters. The van der Waals surface area contributed by atoms with Gasteiger partial charge in [-0.05, 0) is 67.8 Å². The minimum absolute atomic E-state index is 0.250. The molecule has 0 spiro atoms. The van der Waals surface area contributed by atoms with E-state index in [1.54, 1.807) is 0 Å². The summed E-state index contributed by atoms with van der Waals surface area (Å²) in [6, 6.07) is 3.89. The van der Waals surface area contributed by atoms with Crippen LogP contribution in [0.1, 0.15) is 25.3 Å². The third kappa shape index (κ3) is 4.18. The molecular weight excluding hydrogens is 374 g/mol. The molecule has 0 radical (unpaired) electrons. The summed E-state index contributed by atoms with van der Waals surface area (Å²) in [7, 11) is 0. The summed E-state index contributed by atoms with van der Waals surface area (Å²) in [5.74, 6) is 0.250. The van der Waals surface area contributed by atoms with Gasteiger partial charge in [-0.2, -0.15) is 0 Å². The van der Waals surface area contributed by atoms with Gasteiger partial charge in [-0.25, -0.2) is 0 Å². The molecule has 1 saturated heterocycles. The van der Waals surface area contributed by atoms with Crippen molar-refractivity contribution in [3.8, 4) is 5.75 Å². The largest absolute Gasteiger partial charge is 0.506 e. The Morgan fingerprint density at radius 3 is 2.42 bits per heavy atom. The number of phenolic OH excluding ortho intramolecular Hbond substituents is 1. The molecule has 19 heavy (non-hydrogen) atoms. The van der Waals surface area contributed by atoms with Gasteiger partial charge in [0.25, 0.3) is 0 Å².